The highest BCUT2D eigenvalue weighted by atomic mass is 15.3. The zero-order chi connectivity index (χ0) is 39.8. The van der Waals surface area contributed by atoms with E-state index >= 15 is 0 Å². The maximum absolute atomic E-state index is 4.91. The third kappa shape index (κ3) is 4.28. The van der Waals surface area contributed by atoms with Crippen LogP contribution in [0.25, 0.3) is 88.1 Å². The lowest BCUT2D eigenvalue weighted by atomic mass is 9.70. The molecule has 0 aliphatic heterocycles. The maximum Gasteiger partial charge on any atom is 0.169 e. The number of hydrogen-bond donors (Lipinski definition) is 0. The van der Waals surface area contributed by atoms with Crippen molar-refractivity contribution in [2.45, 2.75) is 17.9 Å². The molecule has 284 valence electrons. The van der Waals surface area contributed by atoms with Gasteiger partial charge < -0.3 is 4.57 Å². The topological polar surface area (TPSA) is 35.1 Å². The first-order chi connectivity index (χ1) is 30.3. The van der Waals surface area contributed by atoms with E-state index in [0.717, 1.165) is 34.4 Å². The van der Waals surface area contributed by atoms with E-state index in [1.807, 2.05) is 0 Å². The number of allylic oxidation sites excluding steroid dienone is 4. The maximum atomic E-state index is 4.91. The van der Waals surface area contributed by atoms with Crippen LogP contribution in [0.3, 0.4) is 0 Å². The summed E-state index contributed by atoms with van der Waals surface area (Å²) >= 11 is 0. The van der Waals surface area contributed by atoms with Crippen molar-refractivity contribution in [3.05, 3.63) is 228 Å². The average Bonchev–Trinajstić information content (AvgIpc) is 4.08. The third-order valence-corrected chi connectivity index (χ3v) is 14.0. The van der Waals surface area contributed by atoms with Gasteiger partial charge in [0, 0.05) is 38.2 Å². The molecule has 0 saturated heterocycles. The Morgan fingerprint density at radius 2 is 0.984 bits per heavy atom. The van der Waals surface area contributed by atoms with Gasteiger partial charge in [0.2, 0.25) is 0 Å². The Labute approximate surface area is 352 Å². The summed E-state index contributed by atoms with van der Waals surface area (Å²) in [7, 11) is 0. The van der Waals surface area contributed by atoms with Crippen LogP contribution in [0, 0.1) is 0 Å². The van der Waals surface area contributed by atoms with Crippen LogP contribution in [-0.4, -0.2) is 19.2 Å². The lowest BCUT2D eigenvalue weighted by Crippen LogP contribution is -2.25. The molecular weight excluding hydrogens is 741 g/mol. The van der Waals surface area contributed by atoms with Gasteiger partial charge in [-0.05, 0) is 97.8 Å². The smallest absolute Gasteiger partial charge is 0.169 e. The van der Waals surface area contributed by atoms with Gasteiger partial charge in [-0.1, -0.05) is 170 Å². The SMILES string of the molecule is C1=CC(n2c3ccccc3c3ccccc32)CC=C1c1nnc2c3ccccc3c3cc(-c4ccc5c(c4)C4(c6ccccc6-c6ccccc64)c4ccccc4-5)ccc3n12. The highest BCUT2D eigenvalue weighted by Gasteiger charge is 2.51. The predicted octanol–water partition coefficient (Wildman–Crippen LogP) is 13.7. The summed E-state index contributed by atoms with van der Waals surface area (Å²) in [5.41, 5.74) is 18.3. The van der Waals surface area contributed by atoms with Gasteiger partial charge in [-0.15, -0.1) is 10.2 Å². The summed E-state index contributed by atoms with van der Waals surface area (Å²) in [6, 6.07) is 67.5. The molecule has 3 aromatic heterocycles. The molecule has 11 aromatic rings. The predicted molar refractivity (Wildman–Crippen MR) is 250 cm³/mol. The van der Waals surface area contributed by atoms with Crippen LogP contribution >= 0.6 is 0 Å². The molecule has 4 nitrogen and oxygen atoms in total. The molecule has 0 bridgehead atoms. The molecule has 0 saturated carbocycles. The Bertz CT molecular complexity index is 3650. The minimum Gasteiger partial charge on any atom is -0.333 e. The third-order valence-electron chi connectivity index (χ3n) is 14.0. The molecule has 14 rings (SSSR count). The van der Waals surface area contributed by atoms with Gasteiger partial charge in [0.05, 0.1) is 17.0 Å². The number of rotatable bonds is 3. The van der Waals surface area contributed by atoms with Gasteiger partial charge in [0.15, 0.2) is 11.5 Å². The summed E-state index contributed by atoms with van der Waals surface area (Å²) in [5.74, 6) is 0.867. The molecule has 3 heterocycles. The Kier molecular flexibility index (Phi) is 6.57. The Hall–Kier alpha value is -7.82. The van der Waals surface area contributed by atoms with Crippen LogP contribution < -0.4 is 0 Å². The first-order valence-electron chi connectivity index (χ1n) is 21.3. The van der Waals surface area contributed by atoms with Crippen LogP contribution in [0.4, 0.5) is 0 Å². The average molecular weight is 777 g/mol. The van der Waals surface area contributed by atoms with Crippen LogP contribution in [-0.2, 0) is 5.41 Å². The minimum absolute atomic E-state index is 0.193. The fourth-order valence-electron chi connectivity index (χ4n) is 11.5. The molecule has 0 amide bonds. The van der Waals surface area contributed by atoms with E-state index in [9.17, 15) is 0 Å². The zero-order valence-corrected chi connectivity index (χ0v) is 33.1. The van der Waals surface area contributed by atoms with Gasteiger partial charge in [-0.3, -0.25) is 4.40 Å². The van der Waals surface area contributed by atoms with Crippen molar-refractivity contribution in [2.75, 3.05) is 0 Å². The van der Waals surface area contributed by atoms with Crippen molar-refractivity contribution in [1.29, 1.82) is 0 Å². The summed E-state index contributed by atoms with van der Waals surface area (Å²) in [6.45, 7) is 0. The fourth-order valence-corrected chi connectivity index (χ4v) is 11.5. The lowest BCUT2D eigenvalue weighted by molar-refractivity contribution is 0.649. The van der Waals surface area contributed by atoms with Crippen molar-refractivity contribution in [1.82, 2.24) is 19.2 Å². The van der Waals surface area contributed by atoms with E-state index in [0.29, 0.717) is 0 Å². The van der Waals surface area contributed by atoms with Crippen molar-refractivity contribution >= 4 is 54.7 Å². The van der Waals surface area contributed by atoms with E-state index in [1.165, 1.54) is 88.2 Å². The molecule has 1 unspecified atom stereocenters. The second kappa shape index (κ2) is 12.1. The molecule has 8 aromatic carbocycles. The lowest BCUT2D eigenvalue weighted by Gasteiger charge is -2.30. The number of aromatic nitrogens is 4. The van der Waals surface area contributed by atoms with Gasteiger partial charge >= 0.3 is 0 Å². The highest BCUT2D eigenvalue weighted by Crippen LogP contribution is 2.63. The van der Waals surface area contributed by atoms with Crippen LogP contribution in [0.2, 0.25) is 0 Å². The molecule has 1 spiro atoms. The number of hydrogen-bond acceptors (Lipinski definition) is 2. The molecule has 0 fully saturated rings. The Morgan fingerprint density at radius 1 is 0.443 bits per heavy atom. The first kappa shape index (κ1) is 33.1. The Morgan fingerprint density at radius 3 is 1.62 bits per heavy atom. The second-order valence-corrected chi connectivity index (χ2v) is 16.8. The Balaban J connectivity index is 0.922. The standard InChI is InChI=1S/C57H36N4/c1-2-19-46-39(13-1)47-33-36(37-27-31-43-42-16-5-10-22-50(42)57(51(43)34-37)48-20-8-3-14-40(48)41-15-4-9-21-49(41)57)28-32-54(47)61-55(58-59-56(46)61)35-25-29-38(30-26-35)60-52-23-11-6-17-44(52)45-18-7-12-24-53(45)60/h1-29,31-34,38H,30H2. The number of para-hydroxylation sites is 2. The van der Waals surface area contributed by atoms with Crippen LogP contribution in [0.15, 0.2) is 200 Å². The largest absolute Gasteiger partial charge is 0.333 e. The van der Waals surface area contributed by atoms with Crippen molar-refractivity contribution in [3.63, 3.8) is 0 Å². The molecule has 0 radical (unpaired) electrons. The summed E-state index contributed by atoms with van der Waals surface area (Å²) in [5, 5.41) is 15.8. The molecule has 3 aliphatic rings. The van der Waals surface area contributed by atoms with Crippen LogP contribution in [0.1, 0.15) is 40.5 Å². The molecular formula is C57H36N4. The van der Waals surface area contributed by atoms with Crippen molar-refractivity contribution < 1.29 is 0 Å². The van der Waals surface area contributed by atoms with Gasteiger partial charge in [-0.25, -0.2) is 0 Å². The molecule has 1 atom stereocenters. The van der Waals surface area contributed by atoms with Crippen molar-refractivity contribution in [2.24, 2.45) is 0 Å². The van der Waals surface area contributed by atoms with E-state index in [1.54, 1.807) is 0 Å². The first-order valence-corrected chi connectivity index (χ1v) is 21.3. The van der Waals surface area contributed by atoms with E-state index < -0.39 is 0 Å². The monoisotopic (exact) mass is 776 g/mol. The van der Waals surface area contributed by atoms with E-state index in [2.05, 4.69) is 209 Å². The van der Waals surface area contributed by atoms with E-state index in [-0.39, 0.29) is 11.5 Å². The number of benzene rings is 8. The summed E-state index contributed by atoms with van der Waals surface area (Å²) in [4.78, 5) is 0. The van der Waals surface area contributed by atoms with E-state index in [4.69, 9.17) is 10.2 Å². The number of fused-ring (bicyclic) bond motifs is 19. The summed E-state index contributed by atoms with van der Waals surface area (Å²) < 4.78 is 4.77. The second-order valence-electron chi connectivity index (χ2n) is 16.8. The number of nitrogens with zero attached hydrogens (tertiary/aromatic N) is 4. The summed E-state index contributed by atoms with van der Waals surface area (Å²) in [6.07, 6.45) is 7.80. The van der Waals surface area contributed by atoms with Gasteiger partial charge in [0.25, 0.3) is 0 Å². The van der Waals surface area contributed by atoms with Crippen molar-refractivity contribution in [3.8, 4) is 33.4 Å². The van der Waals surface area contributed by atoms with Crippen LogP contribution in [0.5, 0.6) is 0 Å². The minimum atomic E-state index is -0.385. The molecule has 0 N–H and O–H groups in total. The van der Waals surface area contributed by atoms with Gasteiger partial charge in [-0.2, -0.15) is 0 Å². The molecule has 61 heavy (non-hydrogen) atoms. The highest BCUT2D eigenvalue weighted by molar-refractivity contribution is 6.13. The molecule has 4 heteroatoms. The fraction of sp³-hybridized carbons (Fsp3) is 0.0526. The van der Waals surface area contributed by atoms with Gasteiger partial charge in [0.1, 0.15) is 0 Å². The quantitative estimate of drug-likeness (QED) is 0.168. The number of pyridine rings is 1. The molecule has 3 aliphatic carbocycles. The zero-order valence-electron chi connectivity index (χ0n) is 33.1. The normalized spacial score (nSPS) is 15.8.